The minimum atomic E-state index is -2.40. The van der Waals surface area contributed by atoms with E-state index >= 15 is 0 Å². The molecule has 7 heteroatoms. The van der Waals surface area contributed by atoms with Gasteiger partial charge in [0.25, 0.3) is 0 Å². The molecule has 0 aliphatic carbocycles. The van der Waals surface area contributed by atoms with Crippen LogP contribution in [0.1, 0.15) is 13.3 Å². The van der Waals surface area contributed by atoms with Crippen LogP contribution < -0.4 is 11.1 Å². The summed E-state index contributed by atoms with van der Waals surface area (Å²) in [7, 11) is 0. The SMILES string of the molecule is CC(O)C(N)C(=O)NCCC(F)=C(F)F. The molecular formula is C8H13F3N2O2. The normalized spacial score (nSPS) is 14.3. The lowest BCUT2D eigenvalue weighted by atomic mass is 10.2. The zero-order valence-electron chi connectivity index (χ0n) is 8.14. The molecule has 0 saturated heterocycles. The Morgan fingerprint density at radius 2 is 2.00 bits per heavy atom. The Bertz CT molecular complexity index is 252. The highest BCUT2D eigenvalue weighted by Gasteiger charge is 2.18. The first kappa shape index (κ1) is 13.9. The molecule has 0 aromatic heterocycles. The number of carbonyl (C=O) groups excluding carboxylic acids is 1. The molecule has 0 saturated carbocycles. The van der Waals surface area contributed by atoms with E-state index in [1.54, 1.807) is 0 Å². The number of amides is 1. The summed E-state index contributed by atoms with van der Waals surface area (Å²) in [4.78, 5) is 11.0. The van der Waals surface area contributed by atoms with Gasteiger partial charge in [0.1, 0.15) is 6.04 Å². The highest BCUT2D eigenvalue weighted by molar-refractivity contribution is 5.82. The molecule has 4 N–H and O–H groups in total. The second-order valence-electron chi connectivity index (χ2n) is 2.97. The molecule has 0 radical (unpaired) electrons. The van der Waals surface area contributed by atoms with E-state index in [9.17, 15) is 18.0 Å². The number of aliphatic hydroxyl groups is 1. The monoisotopic (exact) mass is 226 g/mol. The molecule has 1 amide bonds. The van der Waals surface area contributed by atoms with E-state index in [-0.39, 0.29) is 6.54 Å². The Morgan fingerprint density at radius 3 is 2.40 bits per heavy atom. The Labute approximate surface area is 84.9 Å². The van der Waals surface area contributed by atoms with Gasteiger partial charge in [0.2, 0.25) is 5.91 Å². The Morgan fingerprint density at radius 1 is 1.47 bits per heavy atom. The second-order valence-corrected chi connectivity index (χ2v) is 2.97. The van der Waals surface area contributed by atoms with Gasteiger partial charge in [-0.25, -0.2) is 4.39 Å². The van der Waals surface area contributed by atoms with Crippen molar-refractivity contribution in [2.24, 2.45) is 5.73 Å². The van der Waals surface area contributed by atoms with Crippen molar-refractivity contribution in [3.63, 3.8) is 0 Å². The minimum Gasteiger partial charge on any atom is -0.391 e. The second kappa shape index (κ2) is 6.41. The average molecular weight is 226 g/mol. The van der Waals surface area contributed by atoms with Gasteiger partial charge in [-0.2, -0.15) is 8.78 Å². The molecule has 0 aromatic rings. The maximum Gasteiger partial charge on any atom is 0.301 e. The van der Waals surface area contributed by atoms with Crippen LogP contribution in [0.2, 0.25) is 0 Å². The first-order valence-corrected chi connectivity index (χ1v) is 4.27. The van der Waals surface area contributed by atoms with E-state index in [0.29, 0.717) is 0 Å². The van der Waals surface area contributed by atoms with Crippen LogP contribution in [0.3, 0.4) is 0 Å². The van der Waals surface area contributed by atoms with Crippen molar-refractivity contribution < 1.29 is 23.1 Å². The van der Waals surface area contributed by atoms with Gasteiger partial charge in [0.05, 0.1) is 6.10 Å². The van der Waals surface area contributed by atoms with E-state index in [1.807, 2.05) is 0 Å². The summed E-state index contributed by atoms with van der Waals surface area (Å²) in [5, 5.41) is 11.0. The Balaban J connectivity index is 3.88. The summed E-state index contributed by atoms with van der Waals surface area (Å²) in [6, 6.07) is -1.15. The molecule has 15 heavy (non-hydrogen) atoms. The predicted octanol–water partition coefficient (Wildman–Crippen LogP) is 0.278. The standard InChI is InChI=1S/C8H13F3N2O2/c1-4(14)6(12)8(15)13-3-2-5(9)7(10)11/h4,6,14H,2-3,12H2,1H3,(H,13,15). The highest BCUT2D eigenvalue weighted by Crippen LogP contribution is 2.11. The predicted molar refractivity (Wildman–Crippen MR) is 47.6 cm³/mol. The number of hydrogen-bond donors (Lipinski definition) is 3. The maximum atomic E-state index is 12.2. The molecule has 2 atom stereocenters. The fourth-order valence-electron chi connectivity index (χ4n) is 0.727. The number of rotatable bonds is 5. The quantitative estimate of drug-likeness (QED) is 0.630. The summed E-state index contributed by atoms with van der Waals surface area (Å²) in [6.45, 7) is 1.02. The van der Waals surface area contributed by atoms with Crippen LogP contribution in [0.25, 0.3) is 0 Å². The molecular weight excluding hydrogens is 213 g/mol. The lowest BCUT2D eigenvalue weighted by Gasteiger charge is -2.13. The lowest BCUT2D eigenvalue weighted by Crippen LogP contribution is -2.47. The number of carbonyl (C=O) groups is 1. The maximum absolute atomic E-state index is 12.2. The Kier molecular flexibility index (Phi) is 5.95. The molecule has 0 spiro atoms. The molecule has 4 nitrogen and oxygen atoms in total. The third-order valence-corrected chi connectivity index (χ3v) is 1.67. The molecule has 0 fully saturated rings. The molecule has 88 valence electrons. The molecule has 0 rings (SSSR count). The van der Waals surface area contributed by atoms with Crippen LogP contribution in [-0.4, -0.2) is 29.7 Å². The van der Waals surface area contributed by atoms with E-state index < -0.39 is 36.4 Å². The van der Waals surface area contributed by atoms with Gasteiger partial charge < -0.3 is 16.2 Å². The Hall–Kier alpha value is -1.08. The number of aliphatic hydroxyl groups excluding tert-OH is 1. The van der Waals surface area contributed by atoms with Crippen LogP contribution in [0, 0.1) is 0 Å². The summed E-state index contributed by atoms with van der Waals surface area (Å²) in [6.07, 6.45) is -4.05. The van der Waals surface area contributed by atoms with Gasteiger partial charge in [-0.05, 0) is 6.92 Å². The summed E-state index contributed by atoms with van der Waals surface area (Å²) < 4.78 is 35.4. The van der Waals surface area contributed by atoms with Crippen molar-refractivity contribution in [2.75, 3.05) is 6.54 Å². The zero-order chi connectivity index (χ0) is 12.0. The molecule has 0 bridgehead atoms. The van der Waals surface area contributed by atoms with Crippen LogP contribution in [-0.2, 0) is 4.79 Å². The number of halogens is 3. The van der Waals surface area contributed by atoms with Crippen molar-refractivity contribution in [2.45, 2.75) is 25.5 Å². The van der Waals surface area contributed by atoms with Crippen molar-refractivity contribution in [1.29, 1.82) is 0 Å². The molecule has 0 heterocycles. The summed E-state index contributed by atoms with van der Waals surface area (Å²) in [5.74, 6) is -2.28. The molecule has 0 aliphatic rings. The summed E-state index contributed by atoms with van der Waals surface area (Å²) in [5.41, 5.74) is 5.22. The number of nitrogens with two attached hydrogens (primary N) is 1. The van der Waals surface area contributed by atoms with Gasteiger partial charge in [-0.15, -0.1) is 0 Å². The van der Waals surface area contributed by atoms with E-state index in [4.69, 9.17) is 10.8 Å². The van der Waals surface area contributed by atoms with Crippen molar-refractivity contribution in [1.82, 2.24) is 5.32 Å². The zero-order valence-corrected chi connectivity index (χ0v) is 8.14. The van der Waals surface area contributed by atoms with Crippen molar-refractivity contribution in [3.8, 4) is 0 Å². The van der Waals surface area contributed by atoms with Crippen LogP contribution in [0.15, 0.2) is 11.9 Å². The van der Waals surface area contributed by atoms with Gasteiger partial charge in [-0.3, -0.25) is 4.79 Å². The first-order valence-electron chi connectivity index (χ1n) is 4.27. The lowest BCUT2D eigenvalue weighted by molar-refractivity contribution is -0.124. The van der Waals surface area contributed by atoms with Crippen LogP contribution in [0.4, 0.5) is 13.2 Å². The highest BCUT2D eigenvalue weighted by atomic mass is 19.3. The van der Waals surface area contributed by atoms with E-state index in [2.05, 4.69) is 5.32 Å². The smallest absolute Gasteiger partial charge is 0.301 e. The van der Waals surface area contributed by atoms with Crippen molar-refractivity contribution in [3.05, 3.63) is 11.9 Å². The molecule has 0 aromatic carbocycles. The number of nitrogens with one attached hydrogen (secondary N) is 1. The topological polar surface area (TPSA) is 75.3 Å². The van der Waals surface area contributed by atoms with Gasteiger partial charge >= 0.3 is 6.08 Å². The number of hydrogen-bond acceptors (Lipinski definition) is 3. The van der Waals surface area contributed by atoms with Crippen molar-refractivity contribution >= 4 is 5.91 Å². The molecule has 2 unspecified atom stereocenters. The first-order chi connectivity index (χ1) is 6.86. The third kappa shape index (κ3) is 5.38. The fraction of sp³-hybridized carbons (Fsp3) is 0.625. The third-order valence-electron chi connectivity index (χ3n) is 1.67. The largest absolute Gasteiger partial charge is 0.391 e. The minimum absolute atomic E-state index is 0.289. The van der Waals surface area contributed by atoms with Gasteiger partial charge in [-0.1, -0.05) is 0 Å². The molecule has 0 aliphatic heterocycles. The van der Waals surface area contributed by atoms with Gasteiger partial charge in [0, 0.05) is 13.0 Å². The fourth-order valence-corrected chi connectivity index (χ4v) is 0.727. The van der Waals surface area contributed by atoms with E-state index in [0.717, 1.165) is 0 Å². The van der Waals surface area contributed by atoms with Crippen LogP contribution in [0.5, 0.6) is 0 Å². The van der Waals surface area contributed by atoms with Gasteiger partial charge in [0.15, 0.2) is 5.83 Å². The summed E-state index contributed by atoms with van der Waals surface area (Å²) >= 11 is 0. The van der Waals surface area contributed by atoms with Crippen LogP contribution >= 0.6 is 0 Å². The average Bonchev–Trinajstić information content (AvgIpc) is 2.15. The van der Waals surface area contributed by atoms with E-state index in [1.165, 1.54) is 6.92 Å².